The highest BCUT2D eigenvalue weighted by molar-refractivity contribution is 5.72. The summed E-state index contributed by atoms with van der Waals surface area (Å²) >= 11 is 0. The minimum atomic E-state index is 0.725. The van der Waals surface area contributed by atoms with Gasteiger partial charge in [-0.05, 0) is 36.1 Å². The molecule has 0 unspecified atom stereocenters. The fourth-order valence-electron chi connectivity index (χ4n) is 1.71. The Kier molecular flexibility index (Phi) is 6.69. The Morgan fingerprint density at radius 1 is 1.10 bits per heavy atom. The molecule has 0 aliphatic heterocycles. The van der Waals surface area contributed by atoms with E-state index in [2.05, 4.69) is 35.4 Å². The van der Waals surface area contributed by atoms with Crippen molar-refractivity contribution in [1.29, 1.82) is 0 Å². The lowest BCUT2D eigenvalue weighted by Gasteiger charge is -2.04. The summed E-state index contributed by atoms with van der Waals surface area (Å²) in [5.41, 5.74) is 3.79. The Hall–Kier alpha value is -2.48. The zero-order valence-corrected chi connectivity index (χ0v) is 12.1. The van der Waals surface area contributed by atoms with Gasteiger partial charge in [-0.15, -0.1) is 0 Å². The van der Waals surface area contributed by atoms with Crippen LogP contribution in [0, 0.1) is 0 Å². The molecule has 0 aliphatic rings. The predicted octanol–water partition coefficient (Wildman–Crippen LogP) is 5.00. The lowest BCUT2D eigenvalue weighted by molar-refractivity contribution is 1.26. The molecule has 0 amide bonds. The van der Waals surface area contributed by atoms with E-state index in [0.29, 0.717) is 0 Å². The van der Waals surface area contributed by atoms with Crippen molar-refractivity contribution in [2.75, 3.05) is 0 Å². The van der Waals surface area contributed by atoms with Crippen LogP contribution >= 0.6 is 0 Å². The third kappa shape index (κ3) is 4.02. The Labute approximate surface area is 121 Å². The molecule has 1 heterocycles. The second kappa shape index (κ2) is 8.59. The molecule has 2 nitrogen and oxygen atoms in total. The fourth-order valence-corrected chi connectivity index (χ4v) is 1.71. The first-order valence-corrected chi connectivity index (χ1v) is 6.66. The summed E-state index contributed by atoms with van der Waals surface area (Å²) in [6, 6.07) is 14.1. The van der Waals surface area contributed by atoms with Crippen LogP contribution in [0.3, 0.4) is 0 Å². The molecule has 2 aromatic rings. The van der Waals surface area contributed by atoms with Crippen LogP contribution in [0.5, 0.6) is 0 Å². The molecule has 0 saturated carbocycles. The van der Waals surface area contributed by atoms with E-state index < -0.39 is 0 Å². The van der Waals surface area contributed by atoms with Crippen molar-refractivity contribution in [2.45, 2.75) is 13.8 Å². The van der Waals surface area contributed by atoms with E-state index in [1.54, 1.807) is 18.3 Å². The summed E-state index contributed by atoms with van der Waals surface area (Å²) < 4.78 is 0. The average Bonchev–Trinajstić information content (AvgIpc) is 2.55. The van der Waals surface area contributed by atoms with E-state index in [1.165, 1.54) is 0 Å². The monoisotopic (exact) mass is 264 g/mol. The number of hydrogen-bond acceptors (Lipinski definition) is 2. The quantitative estimate of drug-likeness (QED) is 0.563. The van der Waals surface area contributed by atoms with Gasteiger partial charge in [0.25, 0.3) is 0 Å². The van der Waals surface area contributed by atoms with Gasteiger partial charge in [-0.2, -0.15) is 0 Å². The maximum atomic E-state index is 4.30. The van der Waals surface area contributed by atoms with Gasteiger partial charge in [-0.1, -0.05) is 56.8 Å². The van der Waals surface area contributed by atoms with Crippen molar-refractivity contribution < 1.29 is 0 Å². The second-order valence-electron chi connectivity index (χ2n) is 3.74. The smallest absolute Gasteiger partial charge is 0.0892 e. The summed E-state index contributed by atoms with van der Waals surface area (Å²) in [6.45, 7) is 11.2. The van der Waals surface area contributed by atoms with E-state index in [0.717, 1.165) is 22.5 Å². The Bertz CT molecular complexity index is 583. The average molecular weight is 264 g/mol. The molecular weight excluding hydrogens is 244 g/mol. The minimum absolute atomic E-state index is 0.725. The summed E-state index contributed by atoms with van der Waals surface area (Å²) in [6.07, 6.45) is 5.25. The molecule has 0 atom stereocenters. The lowest BCUT2D eigenvalue weighted by atomic mass is 10.1. The van der Waals surface area contributed by atoms with Crippen LogP contribution in [0.1, 0.15) is 19.5 Å². The molecule has 0 radical (unpaired) electrons. The topological polar surface area (TPSA) is 25.2 Å². The third-order valence-corrected chi connectivity index (χ3v) is 2.58. The molecule has 0 spiro atoms. The van der Waals surface area contributed by atoms with Crippen LogP contribution < -0.4 is 0 Å². The molecule has 102 valence electrons. The van der Waals surface area contributed by atoms with Crippen molar-refractivity contribution in [3.05, 3.63) is 73.1 Å². The summed E-state index contributed by atoms with van der Waals surface area (Å²) in [7, 11) is 0. The van der Waals surface area contributed by atoms with Crippen LogP contribution in [-0.4, -0.2) is 11.7 Å². The van der Waals surface area contributed by atoms with Crippen LogP contribution in [0.2, 0.25) is 0 Å². The van der Waals surface area contributed by atoms with Crippen LogP contribution in [-0.2, 0) is 0 Å². The number of allylic oxidation sites excluding steroid dienone is 2. The number of rotatable bonds is 4. The molecule has 0 fully saturated rings. The summed E-state index contributed by atoms with van der Waals surface area (Å²) in [4.78, 5) is 8.27. The Balaban J connectivity index is 0.000000956. The zero-order valence-electron chi connectivity index (χ0n) is 12.1. The first kappa shape index (κ1) is 15.6. The van der Waals surface area contributed by atoms with Gasteiger partial charge in [-0.25, -0.2) is 0 Å². The van der Waals surface area contributed by atoms with Crippen LogP contribution in [0.4, 0.5) is 0 Å². The van der Waals surface area contributed by atoms with Gasteiger partial charge in [0.15, 0.2) is 0 Å². The molecule has 2 heteroatoms. The van der Waals surface area contributed by atoms with Gasteiger partial charge >= 0.3 is 0 Å². The number of nitrogens with zero attached hydrogens (tertiary/aromatic N) is 2. The maximum Gasteiger partial charge on any atom is 0.0892 e. The van der Waals surface area contributed by atoms with E-state index in [4.69, 9.17) is 0 Å². The molecule has 0 saturated heterocycles. The number of aliphatic imine (C=N–C) groups is 1. The fraction of sp³-hybridized carbons (Fsp3) is 0.111. The Morgan fingerprint density at radius 3 is 2.40 bits per heavy atom. The second-order valence-corrected chi connectivity index (χ2v) is 3.74. The van der Waals surface area contributed by atoms with Crippen LogP contribution in [0.15, 0.2) is 72.4 Å². The number of benzene rings is 1. The largest absolute Gasteiger partial charge is 0.262 e. The number of hydrogen-bond donors (Lipinski definition) is 0. The van der Waals surface area contributed by atoms with Gasteiger partial charge in [0.05, 0.1) is 11.4 Å². The van der Waals surface area contributed by atoms with E-state index in [9.17, 15) is 0 Å². The molecule has 1 aromatic heterocycles. The first-order valence-electron chi connectivity index (χ1n) is 6.66. The van der Waals surface area contributed by atoms with Gasteiger partial charge in [-0.3, -0.25) is 9.98 Å². The number of aromatic nitrogens is 1. The van der Waals surface area contributed by atoms with Crippen molar-refractivity contribution >= 4 is 12.4 Å². The van der Waals surface area contributed by atoms with E-state index >= 15 is 0 Å². The minimum Gasteiger partial charge on any atom is -0.262 e. The third-order valence-electron chi connectivity index (χ3n) is 2.58. The van der Waals surface area contributed by atoms with E-state index in [-0.39, 0.29) is 0 Å². The normalized spacial score (nSPS) is 10.2. The van der Waals surface area contributed by atoms with E-state index in [1.807, 2.05) is 44.2 Å². The van der Waals surface area contributed by atoms with Gasteiger partial charge in [0.1, 0.15) is 0 Å². The summed E-state index contributed by atoms with van der Waals surface area (Å²) in [5, 5.41) is 0. The SMILES string of the molecule is C=C/C=C(\N=C)c1cc(-c2ccccc2)ccn1.CC. The Morgan fingerprint density at radius 2 is 1.80 bits per heavy atom. The zero-order chi connectivity index (χ0) is 14.8. The first-order chi connectivity index (χ1) is 9.85. The highest BCUT2D eigenvalue weighted by atomic mass is 14.8. The van der Waals surface area contributed by atoms with Crippen molar-refractivity contribution in [3.63, 3.8) is 0 Å². The standard InChI is InChI=1S/C16H14N2.C2H6/c1-3-7-15(17-2)16-12-14(10-11-18-16)13-8-5-4-6-9-13;1-2/h3-12H,1-2H2;1-2H3/b15-7-;. The maximum absolute atomic E-state index is 4.30. The van der Waals surface area contributed by atoms with Gasteiger partial charge < -0.3 is 0 Å². The molecule has 2 rings (SSSR count). The predicted molar refractivity (Wildman–Crippen MR) is 88.7 cm³/mol. The molecule has 0 N–H and O–H groups in total. The molecule has 0 aliphatic carbocycles. The van der Waals surface area contributed by atoms with Gasteiger partial charge in [0, 0.05) is 6.20 Å². The van der Waals surface area contributed by atoms with Crippen molar-refractivity contribution in [1.82, 2.24) is 4.98 Å². The highest BCUT2D eigenvalue weighted by Gasteiger charge is 2.02. The molecular formula is C18H20N2. The molecule has 0 bridgehead atoms. The van der Waals surface area contributed by atoms with Crippen molar-refractivity contribution in [2.24, 2.45) is 4.99 Å². The van der Waals surface area contributed by atoms with Gasteiger partial charge in [0.2, 0.25) is 0 Å². The van der Waals surface area contributed by atoms with Crippen molar-refractivity contribution in [3.8, 4) is 11.1 Å². The molecule has 20 heavy (non-hydrogen) atoms. The van der Waals surface area contributed by atoms with Crippen LogP contribution in [0.25, 0.3) is 16.8 Å². The molecule has 1 aromatic carbocycles. The summed E-state index contributed by atoms with van der Waals surface area (Å²) in [5.74, 6) is 0. The highest BCUT2D eigenvalue weighted by Crippen LogP contribution is 2.22. The number of pyridine rings is 1. The lowest BCUT2D eigenvalue weighted by Crippen LogP contribution is -1.88.